The summed E-state index contributed by atoms with van der Waals surface area (Å²) in [4.78, 5) is 16.6. The minimum absolute atomic E-state index is 0.0725. The fraction of sp³-hybridized carbons (Fsp3) is 0.533. The molecular weight excluding hydrogens is 339 g/mol. The molecule has 6 heteroatoms. The molecule has 1 saturated heterocycles. The van der Waals surface area contributed by atoms with E-state index in [0.717, 1.165) is 25.9 Å². The zero-order chi connectivity index (χ0) is 15.4. The van der Waals surface area contributed by atoms with Gasteiger partial charge in [-0.1, -0.05) is 0 Å². The Bertz CT molecular complexity index is 504. The summed E-state index contributed by atoms with van der Waals surface area (Å²) >= 11 is 3.24. The van der Waals surface area contributed by atoms with Gasteiger partial charge >= 0.3 is 0 Å². The zero-order valence-electron chi connectivity index (χ0n) is 12.1. The van der Waals surface area contributed by atoms with Crippen LogP contribution in [0.4, 0.5) is 4.39 Å². The van der Waals surface area contributed by atoms with Crippen molar-refractivity contribution in [3.8, 4) is 0 Å². The standard InChI is InChI=1S/C15H20BrFN2O2/c1-18-6-4-12(5-7-18)19(8-9-20)15(21)13-3-2-11(17)10-14(13)16/h2-3,10,12,20H,4-9H2,1H3. The maximum Gasteiger partial charge on any atom is 0.255 e. The average molecular weight is 359 g/mol. The monoisotopic (exact) mass is 358 g/mol. The molecule has 1 amide bonds. The van der Waals surface area contributed by atoms with E-state index in [1.54, 1.807) is 4.90 Å². The summed E-state index contributed by atoms with van der Waals surface area (Å²) in [5.41, 5.74) is 0.434. The Balaban J connectivity index is 2.18. The number of amides is 1. The highest BCUT2D eigenvalue weighted by atomic mass is 79.9. The first-order valence-corrected chi connectivity index (χ1v) is 7.87. The van der Waals surface area contributed by atoms with Crippen molar-refractivity contribution >= 4 is 21.8 Å². The highest BCUT2D eigenvalue weighted by Crippen LogP contribution is 2.23. The van der Waals surface area contributed by atoms with Crippen LogP contribution in [0.3, 0.4) is 0 Å². The van der Waals surface area contributed by atoms with E-state index in [1.165, 1.54) is 18.2 Å². The number of piperidine rings is 1. The van der Waals surface area contributed by atoms with Gasteiger partial charge in [0.05, 0.1) is 12.2 Å². The third kappa shape index (κ3) is 4.02. The number of halogens is 2. The summed E-state index contributed by atoms with van der Waals surface area (Å²) in [7, 11) is 2.06. The summed E-state index contributed by atoms with van der Waals surface area (Å²) < 4.78 is 13.6. The lowest BCUT2D eigenvalue weighted by molar-refractivity contribution is 0.0539. The minimum Gasteiger partial charge on any atom is -0.395 e. The van der Waals surface area contributed by atoms with Crippen LogP contribution in [0.15, 0.2) is 22.7 Å². The van der Waals surface area contributed by atoms with E-state index < -0.39 is 0 Å². The average Bonchev–Trinajstić information content (AvgIpc) is 2.45. The Morgan fingerprint density at radius 1 is 1.48 bits per heavy atom. The maximum absolute atomic E-state index is 13.2. The number of hydrogen-bond acceptors (Lipinski definition) is 3. The SMILES string of the molecule is CN1CCC(N(CCO)C(=O)c2ccc(F)cc2Br)CC1. The molecule has 0 atom stereocenters. The summed E-state index contributed by atoms with van der Waals surface area (Å²) in [6.07, 6.45) is 1.78. The molecule has 1 aliphatic rings. The Kier molecular flexibility index (Phi) is 5.72. The number of rotatable bonds is 4. The predicted molar refractivity (Wildman–Crippen MR) is 82.7 cm³/mol. The fourth-order valence-corrected chi connectivity index (χ4v) is 3.20. The molecule has 1 fully saturated rings. The number of carbonyl (C=O) groups excluding carboxylic acids is 1. The predicted octanol–water partition coefficient (Wildman–Crippen LogP) is 2.12. The van der Waals surface area contributed by atoms with E-state index in [4.69, 9.17) is 0 Å². The maximum atomic E-state index is 13.2. The summed E-state index contributed by atoms with van der Waals surface area (Å²) in [6.45, 7) is 2.10. The molecular formula is C15H20BrFN2O2. The van der Waals surface area contributed by atoms with Crippen LogP contribution in [0.25, 0.3) is 0 Å². The van der Waals surface area contributed by atoms with Crippen molar-refractivity contribution in [2.45, 2.75) is 18.9 Å². The van der Waals surface area contributed by atoms with Crippen molar-refractivity contribution in [1.29, 1.82) is 0 Å². The van der Waals surface area contributed by atoms with E-state index in [9.17, 15) is 14.3 Å². The molecule has 1 aromatic carbocycles. The lowest BCUT2D eigenvalue weighted by Gasteiger charge is -2.37. The second-order valence-corrected chi connectivity index (χ2v) is 6.24. The molecule has 0 radical (unpaired) electrons. The third-order valence-corrected chi connectivity index (χ3v) is 4.55. The van der Waals surface area contributed by atoms with Crippen molar-refractivity contribution in [2.75, 3.05) is 33.3 Å². The number of carbonyl (C=O) groups is 1. The number of nitrogens with zero attached hydrogens (tertiary/aromatic N) is 2. The first kappa shape index (κ1) is 16.4. The molecule has 1 aromatic rings. The molecule has 1 aliphatic heterocycles. The van der Waals surface area contributed by atoms with E-state index in [2.05, 4.69) is 27.9 Å². The van der Waals surface area contributed by atoms with Crippen LogP contribution in [0.1, 0.15) is 23.2 Å². The largest absolute Gasteiger partial charge is 0.395 e. The molecule has 116 valence electrons. The van der Waals surface area contributed by atoms with Crippen LogP contribution in [0.2, 0.25) is 0 Å². The van der Waals surface area contributed by atoms with Gasteiger partial charge in [0, 0.05) is 17.1 Å². The Labute approximate surface area is 132 Å². The van der Waals surface area contributed by atoms with Crippen molar-refractivity contribution in [1.82, 2.24) is 9.80 Å². The lowest BCUT2D eigenvalue weighted by atomic mass is 10.0. The van der Waals surface area contributed by atoms with Gasteiger partial charge in [-0.05, 0) is 67.1 Å². The molecule has 1 heterocycles. The summed E-state index contributed by atoms with van der Waals surface area (Å²) in [5, 5.41) is 9.25. The zero-order valence-corrected chi connectivity index (χ0v) is 13.6. The molecule has 1 N–H and O–H groups in total. The number of aliphatic hydroxyl groups is 1. The number of likely N-dealkylation sites (tertiary alicyclic amines) is 1. The fourth-order valence-electron chi connectivity index (χ4n) is 2.68. The molecule has 0 unspecified atom stereocenters. The molecule has 0 bridgehead atoms. The molecule has 4 nitrogen and oxygen atoms in total. The van der Waals surface area contributed by atoms with Crippen LogP contribution < -0.4 is 0 Å². The van der Waals surface area contributed by atoms with Gasteiger partial charge in [-0.3, -0.25) is 4.79 Å². The third-order valence-electron chi connectivity index (χ3n) is 3.89. The quantitative estimate of drug-likeness (QED) is 0.896. The van der Waals surface area contributed by atoms with Gasteiger partial charge in [0.1, 0.15) is 5.82 Å². The van der Waals surface area contributed by atoms with Gasteiger partial charge in [0.15, 0.2) is 0 Å². The topological polar surface area (TPSA) is 43.8 Å². The van der Waals surface area contributed by atoms with E-state index in [1.807, 2.05) is 0 Å². The highest BCUT2D eigenvalue weighted by Gasteiger charge is 2.28. The van der Waals surface area contributed by atoms with Crippen LogP contribution in [0.5, 0.6) is 0 Å². The summed E-state index contributed by atoms with van der Waals surface area (Å²) in [6, 6.07) is 4.18. The second-order valence-electron chi connectivity index (χ2n) is 5.38. The second kappa shape index (κ2) is 7.33. The van der Waals surface area contributed by atoms with Gasteiger partial charge in [-0.2, -0.15) is 0 Å². The van der Waals surface area contributed by atoms with Crippen molar-refractivity contribution in [2.24, 2.45) is 0 Å². The van der Waals surface area contributed by atoms with Crippen molar-refractivity contribution in [3.63, 3.8) is 0 Å². The van der Waals surface area contributed by atoms with Crippen LogP contribution >= 0.6 is 15.9 Å². The van der Waals surface area contributed by atoms with E-state index >= 15 is 0 Å². The van der Waals surface area contributed by atoms with Gasteiger partial charge in [-0.25, -0.2) is 4.39 Å². The lowest BCUT2D eigenvalue weighted by Crippen LogP contribution is -2.47. The molecule has 0 aliphatic carbocycles. The Hall–Kier alpha value is -0.980. The van der Waals surface area contributed by atoms with Gasteiger partial charge < -0.3 is 14.9 Å². The highest BCUT2D eigenvalue weighted by molar-refractivity contribution is 9.10. The molecule has 0 saturated carbocycles. The van der Waals surface area contributed by atoms with Gasteiger partial charge in [-0.15, -0.1) is 0 Å². The molecule has 0 aromatic heterocycles. The normalized spacial score (nSPS) is 17.0. The van der Waals surface area contributed by atoms with Crippen LogP contribution in [0, 0.1) is 5.82 Å². The number of benzene rings is 1. The van der Waals surface area contributed by atoms with E-state index in [0.29, 0.717) is 16.6 Å². The number of hydrogen-bond donors (Lipinski definition) is 1. The van der Waals surface area contributed by atoms with Crippen LogP contribution in [-0.2, 0) is 0 Å². The van der Waals surface area contributed by atoms with E-state index in [-0.39, 0.29) is 24.4 Å². The Morgan fingerprint density at radius 2 is 2.14 bits per heavy atom. The number of aliphatic hydroxyl groups excluding tert-OH is 1. The summed E-state index contributed by atoms with van der Waals surface area (Å²) in [5.74, 6) is -0.545. The smallest absolute Gasteiger partial charge is 0.255 e. The van der Waals surface area contributed by atoms with Gasteiger partial charge in [0.25, 0.3) is 5.91 Å². The first-order valence-electron chi connectivity index (χ1n) is 7.08. The van der Waals surface area contributed by atoms with Crippen molar-refractivity contribution in [3.05, 3.63) is 34.1 Å². The van der Waals surface area contributed by atoms with Crippen LogP contribution in [-0.4, -0.2) is 60.1 Å². The Morgan fingerprint density at radius 3 is 2.71 bits per heavy atom. The van der Waals surface area contributed by atoms with Crippen molar-refractivity contribution < 1.29 is 14.3 Å². The molecule has 0 spiro atoms. The molecule has 21 heavy (non-hydrogen) atoms. The minimum atomic E-state index is -0.383. The first-order chi connectivity index (χ1) is 10.0. The molecule has 2 rings (SSSR count). The van der Waals surface area contributed by atoms with Gasteiger partial charge in [0.2, 0.25) is 0 Å².